The third-order valence-electron chi connectivity index (χ3n) is 5.54. The fourth-order valence-corrected chi connectivity index (χ4v) is 4.07. The van der Waals surface area contributed by atoms with Crippen LogP contribution in [0.25, 0.3) is 44.3 Å². The van der Waals surface area contributed by atoms with Crippen molar-refractivity contribution < 1.29 is 0 Å². The number of aromatic nitrogens is 3. The molecule has 0 saturated heterocycles. The van der Waals surface area contributed by atoms with Gasteiger partial charge in [0.05, 0.1) is 0 Å². The largest absolute Gasteiger partial charge is 0.226 e. The van der Waals surface area contributed by atoms with E-state index in [4.69, 9.17) is 50.8 Å². The summed E-state index contributed by atoms with van der Waals surface area (Å²) >= 11 is 6.30. The highest BCUT2D eigenvalue weighted by Crippen LogP contribution is 2.34. The van der Waals surface area contributed by atoms with Crippen LogP contribution >= 0.6 is 11.6 Å². The first-order valence-corrected chi connectivity index (χ1v) is 10.1. The summed E-state index contributed by atoms with van der Waals surface area (Å²) in [5, 5.41) is 4.18. The van der Waals surface area contributed by atoms with E-state index in [1.165, 1.54) is 0 Å². The molecule has 0 N–H and O–H groups in total. The number of halogens is 1. The molecular formula is C23H9B5ClN3. The predicted octanol–water partition coefficient (Wildman–Crippen LogP) is 0.134. The van der Waals surface area contributed by atoms with Gasteiger partial charge < -0.3 is 0 Å². The highest BCUT2D eigenvalue weighted by Gasteiger charge is 2.18. The van der Waals surface area contributed by atoms with E-state index in [9.17, 15) is 0 Å². The standard InChI is InChI=1S/C23H9B5ClN3/c24-16-15(17(25)19(27)20(28)18(16)26)22-30-21(31-23(29)32-22)14-9-10-5-1-2-6-11(10)12-7-3-4-8-13(12)14/h1-9H. The maximum Gasteiger partial charge on any atom is 0.226 e. The fraction of sp³-hybridized carbons (Fsp3) is 0. The zero-order valence-corrected chi connectivity index (χ0v) is 17.6. The molecule has 3 nitrogen and oxygen atoms in total. The molecule has 1 aromatic heterocycles. The van der Waals surface area contributed by atoms with E-state index in [2.05, 4.69) is 27.1 Å². The zero-order chi connectivity index (χ0) is 22.6. The summed E-state index contributed by atoms with van der Waals surface area (Å²) in [4.78, 5) is 13.3. The second-order valence-corrected chi connectivity index (χ2v) is 7.72. The third kappa shape index (κ3) is 3.25. The minimum atomic E-state index is -0.0185. The summed E-state index contributed by atoms with van der Waals surface area (Å²) < 4.78 is 0. The maximum atomic E-state index is 6.30. The Balaban J connectivity index is 1.83. The van der Waals surface area contributed by atoms with Crippen molar-refractivity contribution in [3.05, 3.63) is 59.9 Å². The molecule has 4 aromatic carbocycles. The molecule has 5 aromatic rings. The van der Waals surface area contributed by atoms with Crippen molar-refractivity contribution in [3.8, 4) is 22.8 Å². The van der Waals surface area contributed by atoms with Gasteiger partial charge in [0.1, 0.15) is 39.2 Å². The minimum Gasteiger partial charge on any atom is -0.208 e. The first kappa shape index (κ1) is 20.9. The average molecular weight is 417 g/mol. The van der Waals surface area contributed by atoms with Gasteiger partial charge in [0, 0.05) is 11.1 Å². The molecule has 0 aliphatic carbocycles. The van der Waals surface area contributed by atoms with Crippen molar-refractivity contribution in [1.29, 1.82) is 0 Å². The highest BCUT2D eigenvalue weighted by atomic mass is 35.5. The van der Waals surface area contributed by atoms with E-state index in [0.29, 0.717) is 5.82 Å². The van der Waals surface area contributed by atoms with Crippen LogP contribution in [0.5, 0.6) is 0 Å². The monoisotopic (exact) mass is 417 g/mol. The van der Waals surface area contributed by atoms with Gasteiger partial charge in [0.15, 0.2) is 11.6 Å². The minimum absolute atomic E-state index is 0.0185. The first-order chi connectivity index (χ1) is 15.4. The number of fused-ring (bicyclic) bond motifs is 3. The van der Waals surface area contributed by atoms with Crippen LogP contribution in [0.3, 0.4) is 0 Å². The van der Waals surface area contributed by atoms with Gasteiger partial charge in [-0.15, -0.1) is 16.4 Å². The van der Waals surface area contributed by atoms with Crippen molar-refractivity contribution >= 4 is 99.7 Å². The van der Waals surface area contributed by atoms with Gasteiger partial charge in [0.2, 0.25) is 5.28 Å². The Labute approximate surface area is 197 Å². The molecule has 0 bridgehead atoms. The number of benzene rings is 4. The number of nitrogens with zero attached hydrogens (tertiary/aromatic N) is 3. The molecule has 0 aliphatic rings. The Kier molecular flexibility index (Phi) is 5.13. The smallest absolute Gasteiger partial charge is 0.208 e. The molecule has 0 atom stereocenters. The molecule has 10 radical (unpaired) electrons. The summed E-state index contributed by atoms with van der Waals surface area (Å²) in [6.45, 7) is 0. The first-order valence-electron chi connectivity index (χ1n) is 9.71. The Morgan fingerprint density at radius 1 is 0.562 bits per heavy atom. The van der Waals surface area contributed by atoms with Crippen molar-refractivity contribution in [2.45, 2.75) is 0 Å². The van der Waals surface area contributed by atoms with Gasteiger partial charge in [-0.2, -0.15) is 9.97 Å². The summed E-state index contributed by atoms with van der Waals surface area (Å²) in [6, 6.07) is 18.1. The molecule has 5 rings (SSSR count). The van der Waals surface area contributed by atoms with E-state index in [1.807, 2.05) is 42.5 Å². The lowest BCUT2D eigenvalue weighted by Gasteiger charge is -2.20. The lowest BCUT2D eigenvalue weighted by Crippen LogP contribution is -2.55. The molecule has 138 valence electrons. The summed E-state index contributed by atoms with van der Waals surface area (Å²) in [7, 11) is 30.4. The highest BCUT2D eigenvalue weighted by molar-refractivity contribution is 6.68. The van der Waals surface area contributed by atoms with Crippen molar-refractivity contribution in [2.24, 2.45) is 0 Å². The van der Waals surface area contributed by atoms with Crippen LogP contribution in [0.4, 0.5) is 0 Å². The zero-order valence-electron chi connectivity index (χ0n) is 16.8. The number of hydrogen-bond acceptors (Lipinski definition) is 3. The SMILES string of the molecule is [B]c1c([B])c([B])c(-c2nc(Cl)nc(-c3cc4ccccc4c4ccccc34)n2)c([B])c1[B]. The number of hydrogen-bond donors (Lipinski definition) is 0. The molecule has 32 heavy (non-hydrogen) atoms. The normalized spacial score (nSPS) is 11.3. The molecule has 1 heterocycles. The molecule has 9 heteroatoms. The number of rotatable bonds is 2. The second kappa shape index (κ2) is 7.86. The molecule has 0 unspecified atom stereocenters. The van der Waals surface area contributed by atoms with Gasteiger partial charge in [-0.25, -0.2) is 4.98 Å². The van der Waals surface area contributed by atoms with Gasteiger partial charge in [-0.3, -0.25) is 0 Å². The topological polar surface area (TPSA) is 38.7 Å². The van der Waals surface area contributed by atoms with E-state index in [0.717, 1.165) is 27.1 Å². The van der Waals surface area contributed by atoms with Crippen LogP contribution in [0, 0.1) is 0 Å². The van der Waals surface area contributed by atoms with E-state index < -0.39 is 0 Å². The summed E-state index contributed by atoms with van der Waals surface area (Å²) in [5.41, 5.74) is 1.66. The van der Waals surface area contributed by atoms with Crippen LogP contribution in [-0.4, -0.2) is 54.2 Å². The predicted molar refractivity (Wildman–Crippen MR) is 138 cm³/mol. The van der Waals surface area contributed by atoms with Crippen LogP contribution in [-0.2, 0) is 0 Å². The van der Waals surface area contributed by atoms with Crippen LogP contribution < -0.4 is 27.3 Å². The van der Waals surface area contributed by atoms with Crippen molar-refractivity contribution in [2.75, 3.05) is 0 Å². The van der Waals surface area contributed by atoms with Gasteiger partial charge in [-0.1, -0.05) is 59.5 Å². The van der Waals surface area contributed by atoms with E-state index in [1.54, 1.807) is 0 Å². The molecular weight excluding hydrogens is 408 g/mol. The van der Waals surface area contributed by atoms with Crippen LogP contribution in [0.1, 0.15) is 0 Å². The van der Waals surface area contributed by atoms with Gasteiger partial charge >= 0.3 is 0 Å². The van der Waals surface area contributed by atoms with Gasteiger partial charge in [0.25, 0.3) is 0 Å². The quantitative estimate of drug-likeness (QED) is 0.303. The van der Waals surface area contributed by atoms with Crippen molar-refractivity contribution in [1.82, 2.24) is 15.0 Å². The Morgan fingerprint density at radius 3 is 1.78 bits per heavy atom. The van der Waals surface area contributed by atoms with E-state index >= 15 is 0 Å². The third-order valence-corrected chi connectivity index (χ3v) is 5.71. The summed E-state index contributed by atoms with van der Waals surface area (Å²) in [5.74, 6) is 0.528. The molecule has 0 spiro atoms. The maximum absolute atomic E-state index is 6.30. The molecule has 0 saturated carbocycles. The molecule has 0 fully saturated rings. The van der Waals surface area contributed by atoms with Crippen molar-refractivity contribution in [3.63, 3.8) is 0 Å². The Hall–Kier alpha value is -2.98. The summed E-state index contributed by atoms with van der Waals surface area (Å²) in [6.07, 6.45) is 0. The second-order valence-electron chi connectivity index (χ2n) is 7.39. The van der Waals surface area contributed by atoms with E-state index in [-0.39, 0.29) is 44.0 Å². The molecule has 0 amide bonds. The lowest BCUT2D eigenvalue weighted by molar-refractivity contribution is 1.07. The van der Waals surface area contributed by atoms with Crippen LogP contribution in [0.2, 0.25) is 5.28 Å². The van der Waals surface area contributed by atoms with Gasteiger partial charge in [-0.05, 0) is 39.2 Å². The average Bonchev–Trinajstić information content (AvgIpc) is 2.81. The molecule has 0 aliphatic heterocycles. The fourth-order valence-electron chi connectivity index (χ4n) is 3.91. The Morgan fingerprint density at radius 2 is 1.09 bits per heavy atom. The Bertz CT molecular complexity index is 1530. The lowest BCUT2D eigenvalue weighted by atomic mass is 9.60. The van der Waals surface area contributed by atoms with Crippen LogP contribution in [0.15, 0.2) is 54.6 Å².